The van der Waals surface area contributed by atoms with Gasteiger partial charge in [-0.05, 0) is 49.2 Å². The lowest BCUT2D eigenvalue weighted by atomic mass is 10.1. The average molecular weight is 359 g/mol. The number of rotatable bonds is 6. The molecular weight excluding hydrogens is 338 g/mol. The molecule has 1 aromatic heterocycles. The van der Waals surface area contributed by atoms with Gasteiger partial charge >= 0.3 is 0 Å². The Balaban J connectivity index is 1.70. The van der Waals surface area contributed by atoms with E-state index >= 15 is 0 Å². The summed E-state index contributed by atoms with van der Waals surface area (Å²) in [5, 5.41) is 6.09. The van der Waals surface area contributed by atoms with Crippen LogP contribution >= 0.6 is 0 Å². The van der Waals surface area contributed by atoms with E-state index in [1.165, 1.54) is 12.5 Å². The van der Waals surface area contributed by atoms with Gasteiger partial charge in [-0.15, -0.1) is 0 Å². The largest absolute Gasteiger partial charge is 0.354 e. The Labute approximate surface area is 158 Å². The first-order chi connectivity index (χ1) is 13.1. The van der Waals surface area contributed by atoms with Gasteiger partial charge in [0.25, 0.3) is 5.91 Å². The molecule has 0 saturated heterocycles. The van der Waals surface area contributed by atoms with Crippen LogP contribution in [0.2, 0.25) is 0 Å². The van der Waals surface area contributed by atoms with Crippen molar-refractivity contribution in [3.8, 4) is 0 Å². The molecule has 136 valence electrons. The molecule has 0 aliphatic rings. The third kappa shape index (κ3) is 4.58. The first kappa shape index (κ1) is 18.3. The number of aryl methyl sites for hydroxylation is 1. The predicted octanol–water partition coefficient (Wildman–Crippen LogP) is 4.84. The van der Waals surface area contributed by atoms with Gasteiger partial charge in [0.15, 0.2) is 5.78 Å². The predicted molar refractivity (Wildman–Crippen MR) is 108 cm³/mol. The van der Waals surface area contributed by atoms with Gasteiger partial charge in [-0.3, -0.25) is 9.59 Å². The maximum Gasteiger partial charge on any atom is 0.274 e. The third-order valence-corrected chi connectivity index (χ3v) is 4.20. The summed E-state index contributed by atoms with van der Waals surface area (Å²) in [6, 6.07) is 18.4. The highest BCUT2D eigenvalue weighted by Gasteiger charge is 2.09. The Hall–Kier alpha value is -3.47. The van der Waals surface area contributed by atoms with Crippen LogP contribution < -0.4 is 10.6 Å². The van der Waals surface area contributed by atoms with E-state index in [1.807, 2.05) is 24.3 Å². The van der Waals surface area contributed by atoms with Crippen molar-refractivity contribution in [2.45, 2.75) is 20.3 Å². The van der Waals surface area contributed by atoms with E-state index in [0.29, 0.717) is 16.9 Å². The molecule has 2 aromatic carbocycles. The van der Waals surface area contributed by atoms with E-state index in [0.717, 1.165) is 17.8 Å². The second-order valence-electron chi connectivity index (χ2n) is 6.16. The van der Waals surface area contributed by atoms with Crippen LogP contribution in [0.25, 0.3) is 0 Å². The zero-order valence-corrected chi connectivity index (χ0v) is 15.3. The molecule has 0 spiro atoms. The molecule has 5 heteroatoms. The second kappa shape index (κ2) is 8.27. The molecule has 0 saturated carbocycles. The van der Waals surface area contributed by atoms with Crippen molar-refractivity contribution in [1.29, 1.82) is 0 Å². The quantitative estimate of drug-likeness (QED) is 0.618. The number of hydrogen-bond donors (Lipinski definition) is 2. The van der Waals surface area contributed by atoms with Gasteiger partial charge in [0.1, 0.15) is 5.69 Å². The first-order valence-corrected chi connectivity index (χ1v) is 8.80. The molecule has 0 aliphatic carbocycles. The molecular formula is C22H21N3O2. The molecule has 5 nitrogen and oxygen atoms in total. The molecule has 2 N–H and O–H groups in total. The smallest absolute Gasteiger partial charge is 0.274 e. The van der Waals surface area contributed by atoms with Crippen molar-refractivity contribution in [1.82, 2.24) is 4.98 Å². The zero-order valence-electron chi connectivity index (χ0n) is 15.3. The fraction of sp³-hybridized carbons (Fsp3) is 0.136. The normalized spacial score (nSPS) is 10.3. The van der Waals surface area contributed by atoms with E-state index in [2.05, 4.69) is 28.6 Å². The number of benzene rings is 2. The molecule has 3 rings (SSSR count). The van der Waals surface area contributed by atoms with Crippen LogP contribution in [0.15, 0.2) is 66.9 Å². The summed E-state index contributed by atoms with van der Waals surface area (Å²) >= 11 is 0. The number of anilines is 3. The molecule has 0 radical (unpaired) electrons. The van der Waals surface area contributed by atoms with Gasteiger partial charge in [0, 0.05) is 16.9 Å². The third-order valence-electron chi connectivity index (χ3n) is 4.20. The summed E-state index contributed by atoms with van der Waals surface area (Å²) in [4.78, 5) is 28.1. The molecule has 1 heterocycles. The summed E-state index contributed by atoms with van der Waals surface area (Å²) in [6.07, 6.45) is 2.56. The molecule has 27 heavy (non-hydrogen) atoms. The highest BCUT2D eigenvalue weighted by molar-refractivity contribution is 6.04. The van der Waals surface area contributed by atoms with Crippen LogP contribution in [0, 0.1) is 0 Å². The van der Waals surface area contributed by atoms with Gasteiger partial charge in [-0.1, -0.05) is 37.3 Å². The number of ketones is 1. The number of carbonyl (C=O) groups is 2. The minimum Gasteiger partial charge on any atom is -0.354 e. The van der Waals surface area contributed by atoms with Crippen molar-refractivity contribution in [2.75, 3.05) is 10.6 Å². The number of pyridine rings is 1. The lowest BCUT2D eigenvalue weighted by molar-refractivity contribution is 0.100. The van der Waals surface area contributed by atoms with E-state index in [-0.39, 0.29) is 11.7 Å². The van der Waals surface area contributed by atoms with E-state index in [9.17, 15) is 9.59 Å². The number of carbonyl (C=O) groups excluding carboxylic acids is 2. The molecule has 1 amide bonds. The Morgan fingerprint density at radius 1 is 0.963 bits per heavy atom. The van der Waals surface area contributed by atoms with Crippen LogP contribution in [0.1, 0.15) is 40.3 Å². The number of hydrogen-bond acceptors (Lipinski definition) is 4. The Bertz CT molecular complexity index is 965. The SMILES string of the molecule is CCc1ccccc1Nc1ccc(C(=O)Nc2cccc(C(C)=O)c2)nc1. The van der Waals surface area contributed by atoms with Gasteiger partial charge in [0.05, 0.1) is 11.9 Å². The number of amides is 1. The summed E-state index contributed by atoms with van der Waals surface area (Å²) in [5.74, 6) is -0.372. The van der Waals surface area contributed by atoms with Gasteiger partial charge < -0.3 is 10.6 Å². The molecule has 0 atom stereocenters. The van der Waals surface area contributed by atoms with E-state index in [1.54, 1.807) is 36.5 Å². The van der Waals surface area contributed by atoms with Crippen molar-refractivity contribution in [3.63, 3.8) is 0 Å². The highest BCUT2D eigenvalue weighted by atomic mass is 16.2. The topological polar surface area (TPSA) is 71.1 Å². The maximum absolute atomic E-state index is 12.4. The van der Waals surface area contributed by atoms with Gasteiger partial charge in [-0.2, -0.15) is 0 Å². The summed E-state index contributed by atoms with van der Waals surface area (Å²) in [5.41, 5.74) is 4.47. The van der Waals surface area contributed by atoms with Crippen molar-refractivity contribution in [3.05, 3.63) is 83.7 Å². The van der Waals surface area contributed by atoms with E-state index in [4.69, 9.17) is 0 Å². The standard InChI is InChI=1S/C22H21N3O2/c1-3-16-7-4-5-10-20(16)24-19-11-12-21(23-14-19)22(27)25-18-9-6-8-17(13-18)15(2)26/h4-14,24H,3H2,1-2H3,(H,25,27). The first-order valence-electron chi connectivity index (χ1n) is 8.80. The van der Waals surface area contributed by atoms with Crippen molar-refractivity contribution in [2.24, 2.45) is 0 Å². The fourth-order valence-corrected chi connectivity index (χ4v) is 2.72. The van der Waals surface area contributed by atoms with Crippen molar-refractivity contribution < 1.29 is 9.59 Å². The molecule has 3 aromatic rings. The van der Waals surface area contributed by atoms with Crippen LogP contribution in [-0.4, -0.2) is 16.7 Å². The number of aromatic nitrogens is 1. The minimum absolute atomic E-state index is 0.0491. The average Bonchev–Trinajstić information content (AvgIpc) is 2.69. The van der Waals surface area contributed by atoms with E-state index < -0.39 is 0 Å². The van der Waals surface area contributed by atoms with Gasteiger partial charge in [-0.25, -0.2) is 4.98 Å². The molecule has 0 bridgehead atoms. The van der Waals surface area contributed by atoms with Crippen molar-refractivity contribution >= 4 is 28.8 Å². The number of nitrogens with one attached hydrogen (secondary N) is 2. The second-order valence-corrected chi connectivity index (χ2v) is 6.16. The lowest BCUT2D eigenvalue weighted by Gasteiger charge is -2.11. The number of Topliss-reactive ketones (excluding diaryl/α,β-unsaturated/α-hetero) is 1. The highest BCUT2D eigenvalue weighted by Crippen LogP contribution is 2.21. The summed E-state index contributed by atoms with van der Waals surface area (Å²) in [7, 11) is 0. The zero-order chi connectivity index (χ0) is 19.2. The number of nitrogens with zero attached hydrogens (tertiary/aromatic N) is 1. The molecule has 0 aliphatic heterocycles. The monoisotopic (exact) mass is 359 g/mol. The van der Waals surface area contributed by atoms with Crippen LogP contribution in [0.3, 0.4) is 0 Å². The summed E-state index contributed by atoms with van der Waals surface area (Å²) in [6.45, 7) is 3.60. The molecule has 0 unspecified atom stereocenters. The molecule has 0 fully saturated rings. The lowest BCUT2D eigenvalue weighted by Crippen LogP contribution is -2.14. The Morgan fingerprint density at radius 2 is 1.78 bits per heavy atom. The van der Waals surface area contributed by atoms with Crippen LogP contribution in [0.4, 0.5) is 17.1 Å². The minimum atomic E-state index is -0.323. The Morgan fingerprint density at radius 3 is 2.48 bits per heavy atom. The van der Waals surface area contributed by atoms with Crippen LogP contribution in [-0.2, 0) is 6.42 Å². The fourth-order valence-electron chi connectivity index (χ4n) is 2.72. The van der Waals surface area contributed by atoms with Crippen LogP contribution in [0.5, 0.6) is 0 Å². The maximum atomic E-state index is 12.4. The summed E-state index contributed by atoms with van der Waals surface area (Å²) < 4.78 is 0. The Kier molecular flexibility index (Phi) is 5.61. The number of para-hydroxylation sites is 1. The van der Waals surface area contributed by atoms with Gasteiger partial charge in [0.2, 0.25) is 0 Å².